The number of rotatable bonds is 6. The van der Waals surface area contributed by atoms with Gasteiger partial charge in [0, 0.05) is 66.1 Å². The Kier molecular flexibility index (Phi) is 9.11. The first-order valence-corrected chi connectivity index (χ1v) is 10.4. The van der Waals surface area contributed by atoms with E-state index in [0.29, 0.717) is 5.92 Å². The number of hydrogen-bond donors (Lipinski definition) is 1. The number of carboxylic acid groups (broad SMARTS) is 1. The Morgan fingerprint density at radius 1 is 1.22 bits per heavy atom. The minimum atomic E-state index is -5.08. The van der Waals surface area contributed by atoms with Crippen LogP contribution in [0.25, 0.3) is 0 Å². The number of carboxylic acids is 1. The van der Waals surface area contributed by atoms with Crippen LogP contribution in [0, 0.1) is 11.3 Å². The van der Waals surface area contributed by atoms with Gasteiger partial charge in [0.1, 0.15) is 5.69 Å². The number of aliphatic carboxylic acids is 1. The zero-order valence-electron chi connectivity index (χ0n) is 18.7. The van der Waals surface area contributed by atoms with Crippen LogP contribution in [0.1, 0.15) is 23.3 Å². The van der Waals surface area contributed by atoms with E-state index in [2.05, 4.69) is 4.90 Å². The molecule has 32 heavy (non-hydrogen) atoms. The molecule has 1 spiro atoms. The van der Waals surface area contributed by atoms with E-state index in [4.69, 9.17) is 19.4 Å². The van der Waals surface area contributed by atoms with Crippen LogP contribution in [0.3, 0.4) is 0 Å². The monoisotopic (exact) mass is 463 g/mol. The molecule has 1 atom stereocenters. The standard InChI is InChI=1S/C19H31N3O3.C2HF3O2/c1-20-8-4-5-17(20)18(23)22-9-6-19(7-10-22)15-21(11-12-24-2)13-16(19)14-25-3;3-2(4,5)1(6)7/h4-5,8,16H,6-7,9-15H2,1-3H3;(H,6,7). The second-order valence-corrected chi connectivity index (χ2v) is 8.34. The maximum absolute atomic E-state index is 12.8. The van der Waals surface area contributed by atoms with Gasteiger partial charge in [0.25, 0.3) is 5.91 Å². The molecule has 2 aliphatic heterocycles. The van der Waals surface area contributed by atoms with Gasteiger partial charge < -0.3 is 28.9 Å². The summed E-state index contributed by atoms with van der Waals surface area (Å²) in [5.41, 5.74) is 1.05. The number of aromatic nitrogens is 1. The maximum atomic E-state index is 12.8. The van der Waals surface area contributed by atoms with Crippen molar-refractivity contribution in [3.8, 4) is 0 Å². The third-order valence-electron chi connectivity index (χ3n) is 6.31. The third kappa shape index (κ3) is 6.46. The molecule has 1 unspecified atom stereocenters. The Hall–Kier alpha value is -2.11. The van der Waals surface area contributed by atoms with E-state index in [1.807, 2.05) is 34.8 Å². The van der Waals surface area contributed by atoms with Crippen molar-refractivity contribution in [2.45, 2.75) is 19.0 Å². The van der Waals surface area contributed by atoms with Gasteiger partial charge in [-0.2, -0.15) is 13.2 Å². The van der Waals surface area contributed by atoms with Crippen LogP contribution in [-0.4, -0.2) is 97.7 Å². The number of likely N-dealkylation sites (tertiary alicyclic amines) is 2. The molecule has 0 saturated carbocycles. The molecule has 0 bridgehead atoms. The minimum Gasteiger partial charge on any atom is -0.475 e. The van der Waals surface area contributed by atoms with Gasteiger partial charge in [0.05, 0.1) is 13.2 Å². The molecule has 2 saturated heterocycles. The van der Waals surface area contributed by atoms with Crippen molar-refractivity contribution in [2.75, 3.05) is 60.2 Å². The van der Waals surface area contributed by atoms with Crippen molar-refractivity contribution in [1.82, 2.24) is 14.4 Å². The second-order valence-electron chi connectivity index (χ2n) is 8.34. The largest absolute Gasteiger partial charge is 0.490 e. The lowest BCUT2D eigenvalue weighted by Gasteiger charge is -2.42. The van der Waals surface area contributed by atoms with E-state index in [9.17, 15) is 18.0 Å². The summed E-state index contributed by atoms with van der Waals surface area (Å²) in [6.45, 7) is 6.39. The predicted molar refractivity (Wildman–Crippen MR) is 110 cm³/mol. The lowest BCUT2D eigenvalue weighted by molar-refractivity contribution is -0.192. The third-order valence-corrected chi connectivity index (χ3v) is 6.31. The Morgan fingerprint density at radius 3 is 2.31 bits per heavy atom. The van der Waals surface area contributed by atoms with E-state index in [1.54, 1.807) is 14.2 Å². The van der Waals surface area contributed by atoms with Gasteiger partial charge in [0.2, 0.25) is 0 Å². The molecule has 2 aliphatic rings. The van der Waals surface area contributed by atoms with E-state index in [0.717, 1.165) is 64.5 Å². The summed E-state index contributed by atoms with van der Waals surface area (Å²) in [4.78, 5) is 26.2. The van der Waals surface area contributed by atoms with Crippen molar-refractivity contribution in [2.24, 2.45) is 18.4 Å². The summed E-state index contributed by atoms with van der Waals surface area (Å²) >= 11 is 0. The zero-order chi connectivity index (χ0) is 23.9. The van der Waals surface area contributed by atoms with Gasteiger partial charge in [-0.25, -0.2) is 4.79 Å². The van der Waals surface area contributed by atoms with Crippen LogP contribution in [0.5, 0.6) is 0 Å². The summed E-state index contributed by atoms with van der Waals surface area (Å²) < 4.78 is 44.4. The number of halogens is 3. The quantitative estimate of drug-likeness (QED) is 0.696. The first-order chi connectivity index (χ1) is 15.0. The zero-order valence-corrected chi connectivity index (χ0v) is 18.7. The summed E-state index contributed by atoms with van der Waals surface area (Å²) in [5.74, 6) is -2.06. The normalized spacial score (nSPS) is 20.8. The summed E-state index contributed by atoms with van der Waals surface area (Å²) in [6, 6.07) is 3.83. The van der Waals surface area contributed by atoms with Gasteiger partial charge in [-0.3, -0.25) is 4.79 Å². The minimum absolute atomic E-state index is 0.153. The number of hydrogen-bond acceptors (Lipinski definition) is 5. The molecule has 3 rings (SSSR count). The van der Waals surface area contributed by atoms with Gasteiger partial charge in [-0.15, -0.1) is 0 Å². The molecule has 1 aromatic heterocycles. The molecule has 11 heteroatoms. The molecular formula is C21H32F3N3O5. The molecule has 0 aliphatic carbocycles. The number of alkyl halides is 3. The Labute approximate surface area is 185 Å². The molecule has 2 fully saturated rings. The van der Waals surface area contributed by atoms with Crippen LogP contribution in [-0.2, 0) is 21.3 Å². The molecule has 1 N–H and O–H groups in total. The highest BCUT2D eigenvalue weighted by Gasteiger charge is 2.48. The van der Waals surface area contributed by atoms with Crippen LogP contribution in [0.4, 0.5) is 13.2 Å². The fourth-order valence-electron chi connectivity index (χ4n) is 4.53. The smallest absolute Gasteiger partial charge is 0.475 e. The maximum Gasteiger partial charge on any atom is 0.490 e. The van der Waals surface area contributed by atoms with Crippen LogP contribution >= 0.6 is 0 Å². The number of carbonyl (C=O) groups excluding carboxylic acids is 1. The Morgan fingerprint density at radius 2 is 1.84 bits per heavy atom. The SMILES string of the molecule is COCCN1CC(COC)C2(CCN(C(=O)c3cccn3C)CC2)C1.O=C(O)C(F)(F)F. The van der Waals surface area contributed by atoms with E-state index in [-0.39, 0.29) is 11.3 Å². The van der Waals surface area contributed by atoms with Crippen LogP contribution in [0.2, 0.25) is 0 Å². The van der Waals surface area contributed by atoms with E-state index >= 15 is 0 Å². The molecule has 0 radical (unpaired) electrons. The Balaban J connectivity index is 0.000000451. The topological polar surface area (TPSA) is 84.2 Å². The van der Waals surface area contributed by atoms with Crippen molar-refractivity contribution < 1.29 is 37.3 Å². The lowest BCUT2D eigenvalue weighted by Crippen LogP contribution is -2.47. The number of methoxy groups -OCH3 is 2. The highest BCUT2D eigenvalue weighted by atomic mass is 19.4. The number of ether oxygens (including phenoxy) is 2. The fraction of sp³-hybridized carbons (Fsp3) is 0.714. The number of nitrogens with zero attached hydrogens (tertiary/aromatic N) is 3. The average Bonchev–Trinajstić information content (AvgIpc) is 3.30. The van der Waals surface area contributed by atoms with Crippen molar-refractivity contribution in [3.63, 3.8) is 0 Å². The molecule has 3 heterocycles. The number of carbonyl (C=O) groups is 2. The van der Waals surface area contributed by atoms with Crippen LogP contribution < -0.4 is 0 Å². The molecule has 1 aromatic rings. The van der Waals surface area contributed by atoms with E-state index < -0.39 is 12.1 Å². The van der Waals surface area contributed by atoms with Crippen molar-refractivity contribution in [1.29, 1.82) is 0 Å². The number of amides is 1. The van der Waals surface area contributed by atoms with Gasteiger partial charge in [-0.05, 0) is 30.4 Å². The summed E-state index contributed by atoms with van der Waals surface area (Å²) in [6.07, 6.45) is -1.04. The first-order valence-electron chi connectivity index (χ1n) is 10.4. The molecule has 1 amide bonds. The molecule has 182 valence electrons. The van der Waals surface area contributed by atoms with Gasteiger partial charge in [0.15, 0.2) is 0 Å². The van der Waals surface area contributed by atoms with E-state index in [1.165, 1.54) is 0 Å². The number of aryl methyl sites for hydroxylation is 1. The Bertz CT molecular complexity index is 760. The first kappa shape index (κ1) is 26.1. The predicted octanol–water partition coefficient (Wildman–Crippen LogP) is 2.11. The van der Waals surface area contributed by atoms with Crippen LogP contribution in [0.15, 0.2) is 18.3 Å². The highest BCUT2D eigenvalue weighted by Crippen LogP contribution is 2.44. The summed E-state index contributed by atoms with van der Waals surface area (Å²) in [5, 5.41) is 7.12. The highest BCUT2D eigenvalue weighted by molar-refractivity contribution is 5.92. The van der Waals surface area contributed by atoms with Gasteiger partial charge >= 0.3 is 12.1 Å². The molecule has 0 aromatic carbocycles. The summed E-state index contributed by atoms with van der Waals surface area (Å²) in [7, 11) is 5.48. The number of piperidine rings is 1. The lowest BCUT2D eigenvalue weighted by atomic mass is 9.71. The molecular weight excluding hydrogens is 431 g/mol. The van der Waals surface area contributed by atoms with Crippen molar-refractivity contribution >= 4 is 11.9 Å². The fourth-order valence-corrected chi connectivity index (χ4v) is 4.53. The second kappa shape index (κ2) is 11.2. The van der Waals surface area contributed by atoms with Gasteiger partial charge in [-0.1, -0.05) is 0 Å². The molecule has 8 nitrogen and oxygen atoms in total. The average molecular weight is 463 g/mol. The van der Waals surface area contributed by atoms with Crippen molar-refractivity contribution in [3.05, 3.63) is 24.0 Å².